The van der Waals surface area contributed by atoms with Gasteiger partial charge in [0.25, 0.3) is 0 Å². The Kier molecular flexibility index (Phi) is 3.79. The standard InChI is InChI=1S/C13H20N4OS/c1-19-13(2-3-13)9-14-11-8-12(16-10-15-11)17-4-6-18-7-5-17/h8,10H,2-7,9H2,1H3,(H,14,15,16). The van der Waals surface area contributed by atoms with Gasteiger partial charge in [0.05, 0.1) is 13.2 Å². The third kappa shape index (κ3) is 3.12. The van der Waals surface area contributed by atoms with Crippen LogP contribution in [0, 0.1) is 0 Å². The van der Waals surface area contributed by atoms with E-state index in [-0.39, 0.29) is 0 Å². The zero-order chi connectivity index (χ0) is 13.1. The highest BCUT2D eigenvalue weighted by molar-refractivity contribution is 8.00. The summed E-state index contributed by atoms with van der Waals surface area (Å²) in [7, 11) is 0. The number of anilines is 2. The highest BCUT2D eigenvalue weighted by Crippen LogP contribution is 2.46. The van der Waals surface area contributed by atoms with Gasteiger partial charge in [-0.1, -0.05) is 0 Å². The molecule has 0 spiro atoms. The number of nitrogens with one attached hydrogen (secondary N) is 1. The van der Waals surface area contributed by atoms with E-state index in [9.17, 15) is 0 Å². The molecule has 1 N–H and O–H groups in total. The van der Waals surface area contributed by atoms with E-state index < -0.39 is 0 Å². The Hall–Kier alpha value is -1.01. The van der Waals surface area contributed by atoms with Crippen molar-refractivity contribution < 1.29 is 4.74 Å². The second kappa shape index (κ2) is 5.54. The molecule has 0 amide bonds. The molecule has 2 fully saturated rings. The first-order valence-electron chi connectivity index (χ1n) is 6.75. The van der Waals surface area contributed by atoms with Crippen LogP contribution in [0.4, 0.5) is 11.6 Å². The predicted molar refractivity (Wildman–Crippen MR) is 79.0 cm³/mol. The lowest BCUT2D eigenvalue weighted by atomic mass is 10.3. The molecule has 0 radical (unpaired) electrons. The zero-order valence-corrected chi connectivity index (χ0v) is 12.1. The molecular formula is C13H20N4OS. The highest BCUT2D eigenvalue weighted by atomic mass is 32.2. The number of ether oxygens (including phenoxy) is 1. The van der Waals surface area contributed by atoms with Gasteiger partial charge in [-0.15, -0.1) is 0 Å². The molecule has 1 aromatic heterocycles. The number of thioether (sulfide) groups is 1. The second-order valence-electron chi connectivity index (χ2n) is 5.10. The molecule has 0 aromatic carbocycles. The van der Waals surface area contributed by atoms with E-state index in [1.165, 1.54) is 12.8 Å². The number of rotatable bonds is 5. The van der Waals surface area contributed by atoms with Crippen LogP contribution in [-0.2, 0) is 4.74 Å². The van der Waals surface area contributed by atoms with Crippen LogP contribution in [0.1, 0.15) is 12.8 Å². The lowest BCUT2D eigenvalue weighted by Gasteiger charge is -2.27. The molecule has 1 saturated carbocycles. The number of morpholine rings is 1. The summed E-state index contributed by atoms with van der Waals surface area (Å²) in [5.41, 5.74) is 0. The van der Waals surface area contributed by atoms with E-state index >= 15 is 0 Å². The van der Waals surface area contributed by atoms with E-state index in [1.54, 1.807) is 6.33 Å². The first kappa shape index (κ1) is 13.0. The fourth-order valence-electron chi connectivity index (χ4n) is 2.25. The molecule has 6 heteroatoms. The fraction of sp³-hybridized carbons (Fsp3) is 0.692. The van der Waals surface area contributed by atoms with Gasteiger partial charge in [0.15, 0.2) is 0 Å². The third-order valence-electron chi connectivity index (χ3n) is 3.82. The van der Waals surface area contributed by atoms with Gasteiger partial charge in [0.2, 0.25) is 0 Å². The lowest BCUT2D eigenvalue weighted by Crippen LogP contribution is -2.36. The highest BCUT2D eigenvalue weighted by Gasteiger charge is 2.41. The van der Waals surface area contributed by atoms with Crippen LogP contribution in [0.5, 0.6) is 0 Å². The van der Waals surface area contributed by atoms with Crippen molar-refractivity contribution in [1.82, 2.24) is 9.97 Å². The van der Waals surface area contributed by atoms with Crippen molar-refractivity contribution in [1.29, 1.82) is 0 Å². The average Bonchev–Trinajstić information content (AvgIpc) is 3.27. The van der Waals surface area contributed by atoms with E-state index in [0.29, 0.717) is 4.75 Å². The molecule has 2 aliphatic rings. The Morgan fingerprint density at radius 2 is 2.16 bits per heavy atom. The van der Waals surface area contributed by atoms with Gasteiger partial charge in [0, 0.05) is 30.4 Å². The second-order valence-corrected chi connectivity index (χ2v) is 6.38. The molecule has 3 rings (SSSR count). The van der Waals surface area contributed by atoms with E-state index in [0.717, 1.165) is 44.5 Å². The van der Waals surface area contributed by atoms with Crippen molar-refractivity contribution in [2.24, 2.45) is 0 Å². The maximum Gasteiger partial charge on any atom is 0.134 e. The van der Waals surface area contributed by atoms with E-state index in [4.69, 9.17) is 4.74 Å². The van der Waals surface area contributed by atoms with Crippen molar-refractivity contribution in [3.63, 3.8) is 0 Å². The molecule has 2 heterocycles. The smallest absolute Gasteiger partial charge is 0.134 e. The molecule has 1 aliphatic carbocycles. The Labute approximate surface area is 118 Å². The average molecular weight is 280 g/mol. The number of aromatic nitrogens is 2. The first-order chi connectivity index (χ1) is 9.31. The summed E-state index contributed by atoms with van der Waals surface area (Å²) in [4.78, 5) is 10.9. The summed E-state index contributed by atoms with van der Waals surface area (Å²) < 4.78 is 5.81. The summed E-state index contributed by atoms with van der Waals surface area (Å²) >= 11 is 1.96. The minimum Gasteiger partial charge on any atom is -0.378 e. The molecule has 1 aliphatic heterocycles. The summed E-state index contributed by atoms with van der Waals surface area (Å²) in [6.45, 7) is 4.37. The van der Waals surface area contributed by atoms with Crippen LogP contribution in [0.25, 0.3) is 0 Å². The minimum absolute atomic E-state index is 0.448. The normalized spacial score (nSPS) is 21.2. The van der Waals surface area contributed by atoms with Gasteiger partial charge in [0.1, 0.15) is 18.0 Å². The van der Waals surface area contributed by atoms with Crippen molar-refractivity contribution >= 4 is 23.4 Å². The SMILES string of the molecule is CSC1(CNc2cc(N3CCOCC3)ncn2)CC1. The Balaban J connectivity index is 1.62. The van der Waals surface area contributed by atoms with E-state index in [1.807, 2.05) is 17.8 Å². The quantitative estimate of drug-likeness (QED) is 0.884. The van der Waals surface area contributed by atoms with Crippen LogP contribution < -0.4 is 10.2 Å². The Morgan fingerprint density at radius 3 is 2.84 bits per heavy atom. The molecule has 1 aromatic rings. The molecule has 0 atom stereocenters. The molecule has 0 unspecified atom stereocenters. The molecule has 1 saturated heterocycles. The van der Waals surface area contributed by atoms with Crippen LogP contribution in [-0.4, -0.2) is 53.8 Å². The van der Waals surface area contributed by atoms with Crippen LogP contribution in [0.15, 0.2) is 12.4 Å². The lowest BCUT2D eigenvalue weighted by molar-refractivity contribution is 0.122. The van der Waals surface area contributed by atoms with Gasteiger partial charge in [-0.2, -0.15) is 11.8 Å². The van der Waals surface area contributed by atoms with Gasteiger partial charge < -0.3 is 15.0 Å². The summed E-state index contributed by atoms with van der Waals surface area (Å²) in [5.74, 6) is 1.92. The molecule has 0 bridgehead atoms. The van der Waals surface area contributed by atoms with Gasteiger partial charge in [-0.05, 0) is 19.1 Å². The van der Waals surface area contributed by atoms with Gasteiger partial charge >= 0.3 is 0 Å². The fourth-order valence-corrected chi connectivity index (χ4v) is 2.98. The minimum atomic E-state index is 0.448. The largest absolute Gasteiger partial charge is 0.378 e. The number of hydrogen-bond donors (Lipinski definition) is 1. The number of nitrogens with zero attached hydrogens (tertiary/aromatic N) is 3. The van der Waals surface area contributed by atoms with Gasteiger partial charge in [-0.25, -0.2) is 9.97 Å². The third-order valence-corrected chi connectivity index (χ3v) is 5.24. The first-order valence-corrected chi connectivity index (χ1v) is 7.98. The monoisotopic (exact) mass is 280 g/mol. The summed E-state index contributed by atoms with van der Waals surface area (Å²) in [6.07, 6.45) is 6.45. The molecule has 5 nitrogen and oxygen atoms in total. The number of hydrogen-bond acceptors (Lipinski definition) is 6. The zero-order valence-electron chi connectivity index (χ0n) is 11.3. The molecular weight excluding hydrogens is 260 g/mol. The van der Waals surface area contributed by atoms with Crippen LogP contribution >= 0.6 is 11.8 Å². The van der Waals surface area contributed by atoms with E-state index in [2.05, 4.69) is 26.4 Å². The van der Waals surface area contributed by atoms with Crippen LogP contribution in [0.3, 0.4) is 0 Å². The van der Waals surface area contributed by atoms with Crippen LogP contribution in [0.2, 0.25) is 0 Å². The summed E-state index contributed by atoms with van der Waals surface area (Å²) in [5, 5.41) is 3.45. The van der Waals surface area contributed by atoms with Crippen molar-refractivity contribution in [3.05, 3.63) is 12.4 Å². The topological polar surface area (TPSA) is 50.3 Å². The maximum atomic E-state index is 5.36. The maximum absolute atomic E-state index is 5.36. The predicted octanol–water partition coefficient (Wildman–Crippen LogP) is 1.62. The molecule has 19 heavy (non-hydrogen) atoms. The van der Waals surface area contributed by atoms with Crippen molar-refractivity contribution in [3.8, 4) is 0 Å². The Bertz CT molecular complexity index is 432. The van der Waals surface area contributed by atoms with Gasteiger partial charge in [-0.3, -0.25) is 0 Å². The van der Waals surface area contributed by atoms with Crippen molar-refractivity contribution in [2.45, 2.75) is 17.6 Å². The Morgan fingerprint density at radius 1 is 1.37 bits per heavy atom. The van der Waals surface area contributed by atoms with Crippen molar-refractivity contribution in [2.75, 3.05) is 49.3 Å². The molecule has 104 valence electrons. The summed E-state index contributed by atoms with van der Waals surface area (Å²) in [6, 6.07) is 2.04.